The maximum absolute atomic E-state index is 12.4. The minimum Gasteiger partial charge on any atom is -0.332 e. The van der Waals surface area contributed by atoms with Gasteiger partial charge in [-0.25, -0.2) is 15.0 Å². The molecular weight excluding hydrogens is 306 g/mol. The molecule has 24 heavy (non-hydrogen) atoms. The lowest BCUT2D eigenvalue weighted by Crippen LogP contribution is -2.28. The monoisotopic (exact) mass is 321 g/mol. The van der Waals surface area contributed by atoms with Crippen LogP contribution in [-0.2, 0) is 24.4 Å². The Morgan fingerprint density at radius 1 is 1.17 bits per heavy atom. The highest BCUT2D eigenvalue weighted by Gasteiger charge is 2.24. The topological polar surface area (TPSA) is 81.0 Å². The van der Waals surface area contributed by atoms with Crippen LogP contribution < -0.4 is 5.56 Å². The predicted molar refractivity (Wildman–Crippen MR) is 86.9 cm³/mol. The quantitative estimate of drug-likeness (QED) is 0.722. The maximum atomic E-state index is 12.4. The van der Waals surface area contributed by atoms with Crippen LogP contribution in [0.1, 0.15) is 17.7 Å². The van der Waals surface area contributed by atoms with E-state index in [9.17, 15) is 9.59 Å². The molecule has 0 N–H and O–H groups in total. The number of carbonyl (C=O) groups excluding carboxylic acids is 1. The summed E-state index contributed by atoms with van der Waals surface area (Å²) in [5.41, 5.74) is 2.42. The lowest BCUT2D eigenvalue weighted by molar-refractivity contribution is -0.132. The summed E-state index contributed by atoms with van der Waals surface area (Å²) in [5.74, 6) is -0.00643. The van der Waals surface area contributed by atoms with E-state index in [1.165, 1.54) is 17.2 Å². The average Bonchev–Trinajstić information content (AvgIpc) is 3.05. The summed E-state index contributed by atoms with van der Waals surface area (Å²) in [7, 11) is 0. The highest BCUT2D eigenvalue weighted by atomic mass is 16.2. The standard InChI is InChI=1S/C17H15N5O2/c23-16(22-8-12-7-18-10-19-15(12)9-22)5-6-21-11-20-14-4-2-1-3-13(14)17(21)24/h1-4,7,10-11H,5-6,8-9H2. The second kappa shape index (κ2) is 5.84. The van der Waals surface area contributed by atoms with E-state index in [0.717, 1.165) is 11.3 Å². The average molecular weight is 321 g/mol. The molecule has 0 unspecified atom stereocenters. The van der Waals surface area contributed by atoms with Gasteiger partial charge < -0.3 is 4.90 Å². The molecule has 3 aromatic rings. The van der Waals surface area contributed by atoms with E-state index >= 15 is 0 Å². The minimum absolute atomic E-state index is 0.00643. The summed E-state index contributed by atoms with van der Waals surface area (Å²) in [6.45, 7) is 1.34. The molecule has 0 aliphatic carbocycles. The molecule has 1 aliphatic rings. The van der Waals surface area contributed by atoms with Gasteiger partial charge in [0.15, 0.2) is 0 Å². The van der Waals surface area contributed by atoms with Crippen molar-refractivity contribution in [3.8, 4) is 0 Å². The van der Waals surface area contributed by atoms with Gasteiger partial charge in [-0.05, 0) is 12.1 Å². The van der Waals surface area contributed by atoms with Gasteiger partial charge in [0.1, 0.15) is 6.33 Å². The number of aromatic nitrogens is 4. The van der Waals surface area contributed by atoms with Crippen molar-refractivity contribution < 1.29 is 4.79 Å². The molecule has 0 saturated carbocycles. The second-order valence-corrected chi connectivity index (χ2v) is 5.75. The Hall–Kier alpha value is -3.09. The van der Waals surface area contributed by atoms with Crippen molar-refractivity contribution in [1.82, 2.24) is 24.4 Å². The molecule has 1 amide bonds. The van der Waals surface area contributed by atoms with Crippen LogP contribution in [-0.4, -0.2) is 30.3 Å². The van der Waals surface area contributed by atoms with Gasteiger partial charge in [0.05, 0.1) is 29.5 Å². The van der Waals surface area contributed by atoms with Gasteiger partial charge in [-0.3, -0.25) is 14.2 Å². The fourth-order valence-electron chi connectivity index (χ4n) is 2.92. The van der Waals surface area contributed by atoms with Crippen LogP contribution in [0, 0.1) is 0 Å². The fourth-order valence-corrected chi connectivity index (χ4v) is 2.92. The maximum Gasteiger partial charge on any atom is 0.261 e. The van der Waals surface area contributed by atoms with Gasteiger partial charge in [-0.1, -0.05) is 12.1 Å². The van der Waals surface area contributed by atoms with Gasteiger partial charge >= 0.3 is 0 Å². The SMILES string of the molecule is O=C(CCn1cnc2ccccc2c1=O)N1Cc2cncnc2C1. The van der Waals surface area contributed by atoms with Gasteiger partial charge in [-0.2, -0.15) is 0 Å². The molecule has 7 nitrogen and oxygen atoms in total. The van der Waals surface area contributed by atoms with E-state index in [1.807, 2.05) is 12.1 Å². The number of amides is 1. The molecule has 0 radical (unpaired) electrons. The van der Waals surface area contributed by atoms with E-state index in [-0.39, 0.29) is 17.9 Å². The summed E-state index contributed by atoms with van der Waals surface area (Å²) < 4.78 is 1.49. The van der Waals surface area contributed by atoms with Crippen molar-refractivity contribution >= 4 is 16.8 Å². The highest BCUT2D eigenvalue weighted by Crippen LogP contribution is 2.20. The molecule has 0 bridgehead atoms. The van der Waals surface area contributed by atoms with Crippen molar-refractivity contribution in [2.75, 3.05) is 0 Å². The van der Waals surface area contributed by atoms with Crippen LogP contribution in [0.3, 0.4) is 0 Å². The van der Waals surface area contributed by atoms with Crippen LogP contribution in [0.2, 0.25) is 0 Å². The number of nitrogens with zero attached hydrogens (tertiary/aromatic N) is 5. The summed E-state index contributed by atoms with van der Waals surface area (Å²) in [4.78, 5) is 39.0. The minimum atomic E-state index is -0.121. The molecule has 3 heterocycles. The first-order chi connectivity index (χ1) is 11.7. The van der Waals surface area contributed by atoms with Crippen LogP contribution in [0.4, 0.5) is 0 Å². The smallest absolute Gasteiger partial charge is 0.261 e. The van der Waals surface area contributed by atoms with Crippen LogP contribution in [0.25, 0.3) is 10.9 Å². The molecule has 0 fully saturated rings. The predicted octanol–water partition coefficient (Wildman–Crippen LogP) is 1.12. The number of fused-ring (bicyclic) bond motifs is 2. The number of hydrogen-bond donors (Lipinski definition) is 0. The first-order valence-electron chi connectivity index (χ1n) is 7.72. The number of carbonyl (C=O) groups is 1. The van der Waals surface area contributed by atoms with Crippen molar-refractivity contribution in [1.29, 1.82) is 0 Å². The number of aryl methyl sites for hydroxylation is 1. The molecule has 2 aromatic heterocycles. The lowest BCUT2D eigenvalue weighted by atomic mass is 10.2. The normalized spacial score (nSPS) is 13.2. The summed E-state index contributed by atoms with van der Waals surface area (Å²) in [5, 5.41) is 0.566. The molecule has 1 aliphatic heterocycles. The van der Waals surface area contributed by atoms with Crippen LogP contribution in [0.5, 0.6) is 0 Å². The van der Waals surface area contributed by atoms with Crippen molar-refractivity contribution in [2.45, 2.75) is 26.1 Å². The molecule has 120 valence electrons. The molecule has 0 saturated heterocycles. The van der Waals surface area contributed by atoms with E-state index in [1.54, 1.807) is 23.2 Å². The first kappa shape index (κ1) is 14.5. The Labute approximate surface area is 137 Å². The number of hydrogen-bond acceptors (Lipinski definition) is 5. The summed E-state index contributed by atoms with van der Waals surface area (Å²) >= 11 is 0. The molecule has 0 spiro atoms. The Kier molecular flexibility index (Phi) is 3.53. The second-order valence-electron chi connectivity index (χ2n) is 5.75. The van der Waals surface area contributed by atoms with Crippen molar-refractivity contribution in [3.63, 3.8) is 0 Å². The van der Waals surface area contributed by atoms with Crippen LogP contribution in [0.15, 0.2) is 47.9 Å². The first-order valence-corrected chi connectivity index (χ1v) is 7.72. The van der Waals surface area contributed by atoms with E-state index in [4.69, 9.17) is 0 Å². The van der Waals surface area contributed by atoms with E-state index in [0.29, 0.717) is 30.5 Å². The van der Waals surface area contributed by atoms with Gasteiger partial charge in [-0.15, -0.1) is 0 Å². The van der Waals surface area contributed by atoms with E-state index in [2.05, 4.69) is 15.0 Å². The van der Waals surface area contributed by atoms with Gasteiger partial charge in [0, 0.05) is 31.3 Å². The summed E-state index contributed by atoms with van der Waals surface area (Å²) in [6, 6.07) is 7.20. The molecule has 0 atom stereocenters. The third kappa shape index (κ3) is 2.54. The van der Waals surface area contributed by atoms with Crippen molar-refractivity contribution in [2.24, 2.45) is 0 Å². The van der Waals surface area contributed by atoms with E-state index < -0.39 is 0 Å². The Bertz CT molecular complexity index is 957. The molecular formula is C17H15N5O2. The Balaban J connectivity index is 1.47. The molecule has 4 rings (SSSR count). The third-order valence-electron chi connectivity index (χ3n) is 4.23. The Morgan fingerprint density at radius 2 is 2.04 bits per heavy atom. The number of rotatable bonds is 3. The van der Waals surface area contributed by atoms with Crippen molar-refractivity contribution in [3.05, 3.63) is 64.7 Å². The lowest BCUT2D eigenvalue weighted by Gasteiger charge is -2.15. The summed E-state index contributed by atoms with van der Waals surface area (Å²) in [6.07, 6.45) is 4.99. The van der Waals surface area contributed by atoms with Gasteiger partial charge in [0.25, 0.3) is 5.56 Å². The van der Waals surface area contributed by atoms with Crippen LogP contribution >= 0.6 is 0 Å². The largest absolute Gasteiger partial charge is 0.332 e. The van der Waals surface area contributed by atoms with Gasteiger partial charge in [0.2, 0.25) is 5.91 Å². The molecule has 7 heteroatoms. The third-order valence-corrected chi connectivity index (χ3v) is 4.23. The Morgan fingerprint density at radius 3 is 2.92 bits per heavy atom. The zero-order valence-electron chi connectivity index (χ0n) is 12.9. The highest BCUT2D eigenvalue weighted by molar-refractivity contribution is 5.78. The molecule has 1 aromatic carbocycles. The fraction of sp³-hybridized carbons (Fsp3) is 0.235. The zero-order valence-corrected chi connectivity index (χ0v) is 12.9. The number of para-hydroxylation sites is 1. The number of benzene rings is 1. The zero-order chi connectivity index (χ0) is 16.5.